The van der Waals surface area contributed by atoms with Crippen LogP contribution in [0.5, 0.6) is 0 Å². The van der Waals surface area contributed by atoms with E-state index in [1.54, 1.807) is 0 Å². The van der Waals surface area contributed by atoms with E-state index in [4.69, 9.17) is 0 Å². The van der Waals surface area contributed by atoms with Gasteiger partial charge in [0.25, 0.3) is 0 Å². The monoisotopic (exact) mass is 200 g/mol. The molecule has 0 saturated heterocycles. The van der Waals surface area contributed by atoms with E-state index in [-0.39, 0.29) is 17.6 Å². The number of hydrogen-bond donors (Lipinski definition) is 1. The third-order valence-electron chi connectivity index (χ3n) is 2.70. The van der Waals surface area contributed by atoms with Gasteiger partial charge in [0.15, 0.2) is 0 Å². The Morgan fingerprint density at radius 3 is 2.21 bits per heavy atom. The number of aliphatic hydroxyl groups is 1. The number of aliphatic hydroxyl groups excluding tert-OH is 1. The van der Waals surface area contributed by atoms with Gasteiger partial charge in [-0.3, -0.25) is 4.79 Å². The molecule has 84 valence electrons. The van der Waals surface area contributed by atoms with Crippen LogP contribution in [0.2, 0.25) is 0 Å². The summed E-state index contributed by atoms with van der Waals surface area (Å²) >= 11 is 0. The fourth-order valence-electron chi connectivity index (χ4n) is 1.57. The molecule has 0 aromatic rings. The Hall–Kier alpha value is -0.370. The number of carbonyl (C=O) groups excluding carboxylic acids is 1. The summed E-state index contributed by atoms with van der Waals surface area (Å²) in [6.07, 6.45) is 3.62. The van der Waals surface area contributed by atoms with Gasteiger partial charge in [0.05, 0.1) is 6.10 Å². The number of unbranched alkanes of at least 4 members (excludes halogenated alkanes) is 2. The summed E-state index contributed by atoms with van der Waals surface area (Å²) in [7, 11) is 0. The molecule has 0 aliphatic rings. The van der Waals surface area contributed by atoms with Gasteiger partial charge in [-0.1, -0.05) is 47.0 Å². The zero-order valence-electron chi connectivity index (χ0n) is 9.92. The maximum atomic E-state index is 11.6. The van der Waals surface area contributed by atoms with Crippen LogP contribution >= 0.6 is 0 Å². The molecule has 0 saturated carbocycles. The molecule has 0 heterocycles. The number of carbonyl (C=O) groups is 1. The van der Waals surface area contributed by atoms with E-state index in [2.05, 4.69) is 6.92 Å². The molecule has 0 rings (SSSR count). The van der Waals surface area contributed by atoms with Crippen molar-refractivity contribution in [3.05, 3.63) is 0 Å². The zero-order chi connectivity index (χ0) is 11.1. The zero-order valence-corrected chi connectivity index (χ0v) is 9.92. The van der Waals surface area contributed by atoms with Gasteiger partial charge in [-0.15, -0.1) is 0 Å². The van der Waals surface area contributed by atoms with Gasteiger partial charge >= 0.3 is 0 Å². The molecule has 0 radical (unpaired) electrons. The lowest BCUT2D eigenvalue weighted by atomic mass is 9.90. The van der Waals surface area contributed by atoms with Crippen LogP contribution in [0, 0.1) is 11.8 Å². The molecule has 0 spiro atoms. The minimum atomic E-state index is -0.448. The maximum absolute atomic E-state index is 11.6. The average molecular weight is 200 g/mol. The Morgan fingerprint density at radius 2 is 1.79 bits per heavy atom. The number of ketones is 1. The Labute approximate surface area is 87.7 Å². The van der Waals surface area contributed by atoms with Crippen LogP contribution in [0.3, 0.4) is 0 Å². The predicted octanol–water partition coefficient (Wildman–Crippen LogP) is 2.79. The molecular formula is C12H24O2. The first-order valence-electron chi connectivity index (χ1n) is 5.72. The first-order chi connectivity index (χ1) is 6.50. The van der Waals surface area contributed by atoms with Gasteiger partial charge in [0.2, 0.25) is 0 Å². The highest BCUT2D eigenvalue weighted by Gasteiger charge is 2.23. The number of Topliss-reactive ketones (excluding diaryl/α,β-unsaturated/α-hetero) is 1. The van der Waals surface area contributed by atoms with Gasteiger partial charge in [-0.2, -0.15) is 0 Å². The fourth-order valence-corrected chi connectivity index (χ4v) is 1.57. The van der Waals surface area contributed by atoms with Crippen LogP contribution in [0.4, 0.5) is 0 Å². The van der Waals surface area contributed by atoms with Crippen LogP contribution in [0.15, 0.2) is 0 Å². The fraction of sp³-hybridized carbons (Fsp3) is 0.917. The molecule has 0 amide bonds. The van der Waals surface area contributed by atoms with E-state index in [1.807, 2.05) is 20.8 Å². The average Bonchev–Trinajstić information content (AvgIpc) is 2.15. The molecule has 0 unspecified atom stereocenters. The lowest BCUT2D eigenvalue weighted by Crippen LogP contribution is -2.28. The van der Waals surface area contributed by atoms with Gasteiger partial charge in [-0.05, 0) is 6.42 Å². The van der Waals surface area contributed by atoms with Crippen molar-refractivity contribution in [2.45, 2.75) is 59.5 Å². The van der Waals surface area contributed by atoms with Crippen molar-refractivity contribution < 1.29 is 9.90 Å². The molecule has 2 atom stereocenters. The summed E-state index contributed by atoms with van der Waals surface area (Å²) in [5.41, 5.74) is 0. The third kappa shape index (κ3) is 4.75. The molecule has 1 N–H and O–H groups in total. The lowest BCUT2D eigenvalue weighted by Gasteiger charge is -2.19. The van der Waals surface area contributed by atoms with Crippen molar-refractivity contribution in [1.29, 1.82) is 0 Å². The second-order valence-electron chi connectivity index (χ2n) is 4.41. The minimum Gasteiger partial charge on any atom is -0.392 e. The van der Waals surface area contributed by atoms with Crippen molar-refractivity contribution >= 4 is 5.78 Å². The van der Waals surface area contributed by atoms with E-state index in [0.29, 0.717) is 0 Å². The molecule has 2 nitrogen and oxygen atoms in total. The van der Waals surface area contributed by atoms with Crippen LogP contribution in [0.1, 0.15) is 53.4 Å². The highest BCUT2D eigenvalue weighted by atomic mass is 16.3. The molecule has 0 aliphatic carbocycles. The summed E-state index contributed by atoms with van der Waals surface area (Å²) in [4.78, 5) is 11.6. The van der Waals surface area contributed by atoms with Gasteiger partial charge < -0.3 is 5.11 Å². The molecular weight excluding hydrogens is 176 g/mol. The summed E-state index contributed by atoms with van der Waals surface area (Å²) in [5.74, 6) is 0.00618. The third-order valence-corrected chi connectivity index (χ3v) is 2.70. The van der Waals surface area contributed by atoms with Gasteiger partial charge in [-0.25, -0.2) is 0 Å². The summed E-state index contributed by atoms with van der Waals surface area (Å²) < 4.78 is 0. The molecule has 14 heavy (non-hydrogen) atoms. The Bertz CT molecular complexity index is 164. The normalized spacial score (nSPS) is 15.6. The van der Waals surface area contributed by atoms with Crippen molar-refractivity contribution in [2.24, 2.45) is 11.8 Å². The Balaban J connectivity index is 3.86. The number of rotatable bonds is 7. The van der Waals surface area contributed by atoms with Crippen molar-refractivity contribution in [2.75, 3.05) is 0 Å². The predicted molar refractivity (Wildman–Crippen MR) is 59.2 cm³/mol. The lowest BCUT2D eigenvalue weighted by molar-refractivity contribution is -0.128. The summed E-state index contributed by atoms with van der Waals surface area (Å²) in [6, 6.07) is 0. The van der Waals surface area contributed by atoms with Crippen LogP contribution in [0.25, 0.3) is 0 Å². The smallest absolute Gasteiger partial charge is 0.140 e. The van der Waals surface area contributed by atoms with Crippen LogP contribution < -0.4 is 0 Å². The first-order valence-corrected chi connectivity index (χ1v) is 5.72. The van der Waals surface area contributed by atoms with Crippen LogP contribution in [-0.4, -0.2) is 17.0 Å². The second kappa shape index (κ2) is 6.99. The largest absolute Gasteiger partial charge is 0.392 e. The topological polar surface area (TPSA) is 37.3 Å². The SMILES string of the molecule is CCCCC[C@@H](O)[C@H](C)C(=O)C(C)C. The van der Waals surface area contributed by atoms with E-state index in [9.17, 15) is 9.90 Å². The highest BCUT2D eigenvalue weighted by molar-refractivity contribution is 5.82. The van der Waals surface area contributed by atoms with E-state index in [1.165, 1.54) is 0 Å². The Morgan fingerprint density at radius 1 is 1.21 bits per heavy atom. The molecule has 0 aromatic heterocycles. The summed E-state index contributed by atoms with van der Waals surface area (Å²) in [6.45, 7) is 7.74. The minimum absolute atomic E-state index is 0.0332. The first kappa shape index (κ1) is 13.6. The molecule has 0 fully saturated rings. The van der Waals surface area contributed by atoms with Crippen molar-refractivity contribution in [3.63, 3.8) is 0 Å². The van der Waals surface area contributed by atoms with E-state index < -0.39 is 6.10 Å². The summed E-state index contributed by atoms with van der Waals surface area (Å²) in [5, 5.41) is 9.74. The molecule has 0 bridgehead atoms. The van der Waals surface area contributed by atoms with Gasteiger partial charge in [0.1, 0.15) is 5.78 Å². The maximum Gasteiger partial charge on any atom is 0.140 e. The quantitative estimate of drug-likeness (QED) is 0.642. The highest BCUT2D eigenvalue weighted by Crippen LogP contribution is 2.15. The van der Waals surface area contributed by atoms with E-state index in [0.717, 1.165) is 25.7 Å². The Kier molecular flexibility index (Phi) is 6.81. The van der Waals surface area contributed by atoms with Crippen molar-refractivity contribution in [3.8, 4) is 0 Å². The van der Waals surface area contributed by atoms with Crippen molar-refractivity contribution in [1.82, 2.24) is 0 Å². The van der Waals surface area contributed by atoms with Crippen LogP contribution in [-0.2, 0) is 4.79 Å². The molecule has 0 aliphatic heterocycles. The molecule has 2 heteroatoms. The van der Waals surface area contributed by atoms with Gasteiger partial charge in [0, 0.05) is 11.8 Å². The second-order valence-corrected chi connectivity index (χ2v) is 4.41. The number of hydrogen-bond acceptors (Lipinski definition) is 2. The van der Waals surface area contributed by atoms with E-state index >= 15 is 0 Å². The standard InChI is InChI=1S/C12H24O2/c1-5-6-7-8-11(13)10(4)12(14)9(2)3/h9-11,13H,5-8H2,1-4H3/t10-,11+/m0/s1. The molecule has 0 aromatic carbocycles.